The molecule has 174 valence electrons. The fourth-order valence-corrected chi connectivity index (χ4v) is 4.94. The number of carbonyl (C=O) groups excluding carboxylic acids is 1. The first-order chi connectivity index (χ1) is 16.3. The summed E-state index contributed by atoms with van der Waals surface area (Å²) in [5.41, 5.74) is 1.73. The molecule has 4 rings (SSSR count). The maximum absolute atomic E-state index is 13.0. The van der Waals surface area contributed by atoms with E-state index in [0.29, 0.717) is 22.4 Å². The number of thioether (sulfide) groups is 1. The number of hydrogen-bond donors (Lipinski definition) is 2. The molecule has 0 bridgehead atoms. The number of anilines is 2. The van der Waals surface area contributed by atoms with Crippen molar-refractivity contribution in [3.63, 3.8) is 0 Å². The number of hydrogen-bond acceptors (Lipinski definition) is 6. The van der Waals surface area contributed by atoms with Crippen LogP contribution in [0.3, 0.4) is 0 Å². The molecule has 0 spiro atoms. The van der Waals surface area contributed by atoms with E-state index in [1.54, 1.807) is 12.1 Å². The lowest BCUT2D eigenvalue weighted by molar-refractivity contribution is -0.113. The number of para-hydroxylation sites is 1. The quantitative estimate of drug-likeness (QED) is 0.353. The van der Waals surface area contributed by atoms with Crippen molar-refractivity contribution in [2.45, 2.75) is 17.0 Å². The minimum absolute atomic E-state index is 0.0538. The number of sulfonamides is 1. The zero-order valence-corrected chi connectivity index (χ0v) is 19.6. The third-order valence-corrected chi connectivity index (χ3v) is 7.01. The van der Waals surface area contributed by atoms with Gasteiger partial charge in [0.2, 0.25) is 5.91 Å². The monoisotopic (exact) mass is 497 g/mol. The number of amides is 1. The lowest BCUT2D eigenvalue weighted by atomic mass is 10.3. The first kappa shape index (κ1) is 23.5. The van der Waals surface area contributed by atoms with Gasteiger partial charge in [-0.2, -0.15) is 0 Å². The fraction of sp³-hybridized carbons (Fsp3) is 0.0870. The summed E-state index contributed by atoms with van der Waals surface area (Å²) < 4.78 is 42.2. The van der Waals surface area contributed by atoms with Gasteiger partial charge in [-0.1, -0.05) is 30.0 Å². The summed E-state index contributed by atoms with van der Waals surface area (Å²) in [6.45, 7) is 1.84. The molecule has 0 unspecified atom stereocenters. The van der Waals surface area contributed by atoms with Crippen molar-refractivity contribution in [3.05, 3.63) is 90.5 Å². The Labute approximate surface area is 200 Å². The van der Waals surface area contributed by atoms with Crippen LogP contribution in [0.25, 0.3) is 5.69 Å². The van der Waals surface area contributed by atoms with E-state index in [4.69, 9.17) is 0 Å². The van der Waals surface area contributed by atoms with E-state index >= 15 is 0 Å². The molecule has 4 aromatic rings. The normalized spacial score (nSPS) is 11.2. The fourth-order valence-electron chi connectivity index (χ4n) is 3.09. The van der Waals surface area contributed by atoms with Crippen LogP contribution in [0.4, 0.5) is 15.8 Å². The standard InChI is InChI=1S/C23H20FN5O3S2/c1-16-26-27-23(29(16)20-5-3-2-4-6-20)33-15-22(30)25-18-9-11-19(12-10-18)28-34(31,32)21-13-7-17(24)8-14-21/h2-14,28H,15H2,1H3,(H,25,30). The molecule has 11 heteroatoms. The summed E-state index contributed by atoms with van der Waals surface area (Å²) in [4.78, 5) is 12.4. The van der Waals surface area contributed by atoms with Crippen LogP contribution >= 0.6 is 11.8 Å². The van der Waals surface area contributed by atoms with E-state index in [0.717, 1.165) is 17.8 Å². The number of nitrogens with one attached hydrogen (secondary N) is 2. The average molecular weight is 498 g/mol. The van der Waals surface area contributed by atoms with E-state index in [9.17, 15) is 17.6 Å². The molecule has 0 fully saturated rings. The van der Waals surface area contributed by atoms with Crippen LogP contribution in [0.1, 0.15) is 5.82 Å². The summed E-state index contributed by atoms with van der Waals surface area (Å²) >= 11 is 1.26. The van der Waals surface area contributed by atoms with Gasteiger partial charge in [-0.15, -0.1) is 10.2 Å². The van der Waals surface area contributed by atoms with Crippen LogP contribution in [0.2, 0.25) is 0 Å². The van der Waals surface area contributed by atoms with Gasteiger partial charge < -0.3 is 5.32 Å². The SMILES string of the molecule is Cc1nnc(SCC(=O)Nc2ccc(NS(=O)(=O)c3ccc(F)cc3)cc2)n1-c1ccccc1. The van der Waals surface area contributed by atoms with E-state index in [-0.39, 0.29) is 16.6 Å². The first-order valence-corrected chi connectivity index (χ1v) is 12.6. The highest BCUT2D eigenvalue weighted by Gasteiger charge is 2.15. The molecule has 1 aromatic heterocycles. The topological polar surface area (TPSA) is 106 Å². The summed E-state index contributed by atoms with van der Waals surface area (Å²) in [5, 5.41) is 11.6. The highest BCUT2D eigenvalue weighted by Crippen LogP contribution is 2.23. The van der Waals surface area contributed by atoms with Crippen LogP contribution < -0.4 is 10.0 Å². The zero-order valence-electron chi connectivity index (χ0n) is 18.0. The Hall–Kier alpha value is -3.70. The molecule has 0 aliphatic rings. The Morgan fingerprint density at radius 2 is 1.59 bits per heavy atom. The van der Waals surface area contributed by atoms with Crippen molar-refractivity contribution in [2.75, 3.05) is 15.8 Å². The predicted molar refractivity (Wildman–Crippen MR) is 129 cm³/mol. The Kier molecular flexibility index (Phi) is 6.94. The van der Waals surface area contributed by atoms with Crippen molar-refractivity contribution in [2.24, 2.45) is 0 Å². The third kappa shape index (κ3) is 5.61. The molecular formula is C23H20FN5O3S2. The lowest BCUT2D eigenvalue weighted by Gasteiger charge is -2.10. The second-order valence-corrected chi connectivity index (χ2v) is 9.80. The molecule has 0 aliphatic heterocycles. The second-order valence-electron chi connectivity index (χ2n) is 7.17. The molecule has 0 saturated heterocycles. The second kappa shape index (κ2) is 10.1. The van der Waals surface area contributed by atoms with Gasteiger partial charge in [0.25, 0.3) is 10.0 Å². The molecule has 0 radical (unpaired) electrons. The third-order valence-electron chi connectivity index (χ3n) is 4.69. The van der Waals surface area contributed by atoms with Crippen molar-refractivity contribution < 1.29 is 17.6 Å². The van der Waals surface area contributed by atoms with E-state index in [2.05, 4.69) is 20.2 Å². The molecular weight excluding hydrogens is 477 g/mol. The Bertz CT molecular complexity index is 1390. The number of aromatic nitrogens is 3. The number of rotatable bonds is 8. The molecule has 8 nitrogen and oxygen atoms in total. The minimum Gasteiger partial charge on any atom is -0.325 e. The van der Waals surface area contributed by atoms with Gasteiger partial charge >= 0.3 is 0 Å². The number of benzene rings is 3. The Balaban J connectivity index is 1.35. The lowest BCUT2D eigenvalue weighted by Crippen LogP contribution is -2.15. The largest absolute Gasteiger partial charge is 0.325 e. The van der Waals surface area contributed by atoms with Crippen LogP contribution in [0.15, 0.2) is 88.9 Å². The molecule has 0 atom stereocenters. The predicted octanol–water partition coefficient (Wildman–Crippen LogP) is 4.25. The molecule has 1 heterocycles. The molecule has 0 saturated carbocycles. The summed E-state index contributed by atoms with van der Waals surface area (Å²) in [6.07, 6.45) is 0. The smallest absolute Gasteiger partial charge is 0.261 e. The van der Waals surface area contributed by atoms with Gasteiger partial charge in [-0.05, 0) is 67.6 Å². The molecule has 1 amide bonds. The maximum atomic E-state index is 13.0. The van der Waals surface area contributed by atoms with Crippen LogP contribution in [0, 0.1) is 12.7 Å². The van der Waals surface area contributed by atoms with Crippen LogP contribution in [-0.4, -0.2) is 34.8 Å². The Morgan fingerprint density at radius 3 is 2.26 bits per heavy atom. The van der Waals surface area contributed by atoms with Gasteiger partial charge in [0.05, 0.1) is 10.6 Å². The van der Waals surface area contributed by atoms with Gasteiger partial charge in [-0.25, -0.2) is 12.8 Å². The summed E-state index contributed by atoms with van der Waals surface area (Å²) in [7, 11) is -3.85. The number of carbonyl (C=O) groups is 1. The van der Waals surface area contributed by atoms with Crippen molar-refractivity contribution >= 4 is 39.1 Å². The van der Waals surface area contributed by atoms with Crippen LogP contribution in [-0.2, 0) is 14.8 Å². The van der Waals surface area contributed by atoms with Crippen LogP contribution in [0.5, 0.6) is 0 Å². The minimum atomic E-state index is -3.85. The van der Waals surface area contributed by atoms with Crippen molar-refractivity contribution in [1.29, 1.82) is 0 Å². The number of halogens is 1. The number of aryl methyl sites for hydroxylation is 1. The summed E-state index contributed by atoms with van der Waals surface area (Å²) in [6, 6.07) is 20.4. The van der Waals surface area contributed by atoms with E-state index in [1.165, 1.54) is 36.0 Å². The summed E-state index contributed by atoms with van der Waals surface area (Å²) in [5.74, 6) is 0.0644. The number of nitrogens with zero attached hydrogens (tertiary/aromatic N) is 3. The van der Waals surface area contributed by atoms with Gasteiger partial charge in [0.15, 0.2) is 5.16 Å². The highest BCUT2D eigenvalue weighted by molar-refractivity contribution is 7.99. The van der Waals surface area contributed by atoms with Gasteiger partial charge in [-0.3, -0.25) is 14.1 Å². The van der Waals surface area contributed by atoms with Gasteiger partial charge in [0.1, 0.15) is 11.6 Å². The molecule has 0 aliphatic carbocycles. The zero-order chi connectivity index (χ0) is 24.1. The Morgan fingerprint density at radius 1 is 0.941 bits per heavy atom. The highest BCUT2D eigenvalue weighted by atomic mass is 32.2. The molecule has 34 heavy (non-hydrogen) atoms. The first-order valence-electron chi connectivity index (χ1n) is 10.1. The maximum Gasteiger partial charge on any atom is 0.261 e. The van der Waals surface area contributed by atoms with Crippen molar-refractivity contribution in [1.82, 2.24) is 14.8 Å². The molecule has 2 N–H and O–H groups in total. The van der Waals surface area contributed by atoms with Crippen molar-refractivity contribution in [3.8, 4) is 5.69 Å². The average Bonchev–Trinajstić information content (AvgIpc) is 3.20. The van der Waals surface area contributed by atoms with E-state index in [1.807, 2.05) is 41.8 Å². The molecule has 3 aromatic carbocycles. The van der Waals surface area contributed by atoms with E-state index < -0.39 is 15.8 Å². The van der Waals surface area contributed by atoms with Gasteiger partial charge in [0, 0.05) is 17.1 Å².